The third-order valence-electron chi connectivity index (χ3n) is 4.92. The van der Waals surface area contributed by atoms with Crippen molar-refractivity contribution in [2.75, 3.05) is 11.9 Å². The fraction of sp³-hybridized carbons (Fsp3) is 0.125. The van der Waals surface area contributed by atoms with Crippen molar-refractivity contribution >= 4 is 29.1 Å². The van der Waals surface area contributed by atoms with Crippen molar-refractivity contribution in [3.63, 3.8) is 0 Å². The molecular weight excluding hydrogens is 445 g/mol. The SMILES string of the molecule is CCCNC(=O)c1ccc(NC(=O)c2cnn(-c3ccc(F)cc3)c2-n2cccc2)cc1Cl. The molecule has 0 spiro atoms. The molecule has 0 fully saturated rings. The lowest BCUT2D eigenvalue weighted by molar-refractivity contribution is 0.0953. The molecule has 2 N–H and O–H groups in total. The number of hydrogen-bond acceptors (Lipinski definition) is 3. The lowest BCUT2D eigenvalue weighted by Gasteiger charge is -2.12. The van der Waals surface area contributed by atoms with E-state index < -0.39 is 5.91 Å². The summed E-state index contributed by atoms with van der Waals surface area (Å²) in [4.78, 5) is 25.3. The summed E-state index contributed by atoms with van der Waals surface area (Å²) in [7, 11) is 0. The topological polar surface area (TPSA) is 81.0 Å². The van der Waals surface area contributed by atoms with Gasteiger partial charge in [0.2, 0.25) is 0 Å². The van der Waals surface area contributed by atoms with Gasteiger partial charge in [0.05, 0.1) is 22.5 Å². The Hall–Kier alpha value is -3.91. The fourth-order valence-corrected chi connectivity index (χ4v) is 3.57. The Morgan fingerprint density at radius 1 is 1.03 bits per heavy atom. The van der Waals surface area contributed by atoms with Crippen LogP contribution in [-0.2, 0) is 0 Å². The van der Waals surface area contributed by atoms with Gasteiger partial charge in [-0.25, -0.2) is 9.07 Å². The van der Waals surface area contributed by atoms with Crippen LogP contribution in [0.1, 0.15) is 34.1 Å². The van der Waals surface area contributed by atoms with Gasteiger partial charge in [-0.3, -0.25) is 9.59 Å². The number of carbonyl (C=O) groups excluding carboxylic acids is 2. The zero-order valence-electron chi connectivity index (χ0n) is 17.8. The van der Waals surface area contributed by atoms with Crippen molar-refractivity contribution in [3.8, 4) is 11.5 Å². The van der Waals surface area contributed by atoms with Crippen molar-refractivity contribution in [2.45, 2.75) is 13.3 Å². The summed E-state index contributed by atoms with van der Waals surface area (Å²) in [5.74, 6) is -0.553. The number of rotatable bonds is 7. The summed E-state index contributed by atoms with van der Waals surface area (Å²) in [6.45, 7) is 2.51. The number of amides is 2. The summed E-state index contributed by atoms with van der Waals surface area (Å²) in [6, 6.07) is 14.2. The molecule has 7 nitrogen and oxygen atoms in total. The Morgan fingerprint density at radius 2 is 1.76 bits per heavy atom. The number of halogens is 2. The number of nitrogens with zero attached hydrogens (tertiary/aromatic N) is 3. The smallest absolute Gasteiger partial charge is 0.261 e. The first-order valence-corrected chi connectivity index (χ1v) is 10.7. The Labute approximate surface area is 194 Å². The molecule has 0 saturated carbocycles. The maximum atomic E-state index is 13.4. The second-order valence-electron chi connectivity index (χ2n) is 7.27. The summed E-state index contributed by atoms with van der Waals surface area (Å²) in [6.07, 6.45) is 5.83. The Kier molecular flexibility index (Phi) is 6.55. The minimum absolute atomic E-state index is 0.231. The van der Waals surface area contributed by atoms with Gasteiger partial charge in [0.1, 0.15) is 11.4 Å². The maximum absolute atomic E-state index is 13.4. The first kappa shape index (κ1) is 22.3. The fourth-order valence-electron chi connectivity index (χ4n) is 3.31. The summed E-state index contributed by atoms with van der Waals surface area (Å²) >= 11 is 6.28. The van der Waals surface area contributed by atoms with Crippen molar-refractivity contribution < 1.29 is 14.0 Å². The molecule has 4 rings (SSSR count). The van der Waals surface area contributed by atoms with E-state index in [4.69, 9.17) is 11.6 Å². The van der Waals surface area contributed by atoms with E-state index in [-0.39, 0.29) is 16.7 Å². The first-order valence-electron chi connectivity index (χ1n) is 10.3. The molecule has 2 amide bonds. The van der Waals surface area contributed by atoms with Crippen molar-refractivity contribution in [1.82, 2.24) is 19.7 Å². The van der Waals surface area contributed by atoms with E-state index in [0.717, 1.165) is 6.42 Å². The zero-order valence-corrected chi connectivity index (χ0v) is 18.5. The normalized spacial score (nSPS) is 10.8. The van der Waals surface area contributed by atoms with E-state index in [1.807, 2.05) is 19.1 Å². The second kappa shape index (κ2) is 9.70. The standard InChI is InChI=1S/C24H21ClFN5O2/c1-2-11-27-22(32)19-10-7-17(14-21(19)25)29-23(33)20-15-28-31(18-8-5-16(26)6-9-18)24(20)30-12-3-4-13-30/h3-10,12-15H,2,11H2,1H3,(H,27,32)(H,29,33). The van der Waals surface area contributed by atoms with Crippen LogP contribution in [0.5, 0.6) is 0 Å². The third-order valence-corrected chi connectivity index (χ3v) is 5.23. The molecule has 9 heteroatoms. The molecule has 0 aliphatic rings. The number of benzene rings is 2. The number of anilines is 1. The molecule has 168 valence electrons. The minimum atomic E-state index is -0.411. The molecule has 0 aliphatic carbocycles. The van der Waals surface area contributed by atoms with E-state index in [1.165, 1.54) is 24.4 Å². The lowest BCUT2D eigenvalue weighted by Crippen LogP contribution is -2.24. The number of hydrogen-bond donors (Lipinski definition) is 2. The van der Waals surface area contributed by atoms with Gasteiger partial charge < -0.3 is 15.2 Å². The van der Waals surface area contributed by atoms with Crippen LogP contribution in [0.15, 0.2) is 73.2 Å². The maximum Gasteiger partial charge on any atom is 0.261 e. The molecule has 0 unspecified atom stereocenters. The van der Waals surface area contributed by atoms with Crippen LogP contribution in [0.3, 0.4) is 0 Å². The molecule has 0 aliphatic heterocycles. The van der Waals surface area contributed by atoms with Gasteiger partial charge in [0.15, 0.2) is 5.82 Å². The highest BCUT2D eigenvalue weighted by molar-refractivity contribution is 6.34. The Balaban J connectivity index is 1.63. The van der Waals surface area contributed by atoms with Crippen LogP contribution in [0.2, 0.25) is 5.02 Å². The van der Waals surface area contributed by atoms with E-state index >= 15 is 0 Å². The molecule has 2 aromatic carbocycles. The molecule has 2 aromatic heterocycles. The first-order chi connectivity index (χ1) is 16.0. The van der Waals surface area contributed by atoms with E-state index in [2.05, 4.69) is 15.7 Å². The van der Waals surface area contributed by atoms with E-state index in [9.17, 15) is 14.0 Å². The largest absolute Gasteiger partial charge is 0.352 e. The lowest BCUT2D eigenvalue weighted by atomic mass is 10.1. The minimum Gasteiger partial charge on any atom is -0.352 e. The van der Waals surface area contributed by atoms with E-state index in [0.29, 0.717) is 34.9 Å². The summed E-state index contributed by atoms with van der Waals surface area (Å²) < 4.78 is 16.7. The molecule has 2 heterocycles. The average molecular weight is 466 g/mol. The van der Waals surface area contributed by atoms with Crippen LogP contribution < -0.4 is 10.6 Å². The van der Waals surface area contributed by atoms with Crippen molar-refractivity contribution in [3.05, 3.63) is 95.2 Å². The number of carbonyl (C=O) groups is 2. The second-order valence-corrected chi connectivity index (χ2v) is 7.67. The van der Waals surface area contributed by atoms with Gasteiger partial charge >= 0.3 is 0 Å². The molecule has 0 radical (unpaired) electrons. The monoisotopic (exact) mass is 465 g/mol. The highest BCUT2D eigenvalue weighted by Gasteiger charge is 2.21. The van der Waals surface area contributed by atoms with Crippen LogP contribution in [-0.4, -0.2) is 32.7 Å². The van der Waals surface area contributed by atoms with Gasteiger partial charge in [-0.05, 0) is 61.0 Å². The molecular formula is C24H21ClFN5O2. The summed E-state index contributed by atoms with van der Waals surface area (Å²) in [5.41, 5.74) is 1.67. The van der Waals surface area contributed by atoms with Gasteiger partial charge in [-0.15, -0.1) is 0 Å². The predicted molar refractivity (Wildman–Crippen MR) is 125 cm³/mol. The molecule has 33 heavy (non-hydrogen) atoms. The Morgan fingerprint density at radius 3 is 2.42 bits per heavy atom. The van der Waals surface area contributed by atoms with Crippen LogP contribution >= 0.6 is 11.6 Å². The third kappa shape index (κ3) is 4.80. The van der Waals surface area contributed by atoms with Gasteiger partial charge in [0, 0.05) is 24.6 Å². The van der Waals surface area contributed by atoms with Gasteiger partial charge in [-0.2, -0.15) is 5.10 Å². The van der Waals surface area contributed by atoms with Crippen LogP contribution in [0, 0.1) is 5.82 Å². The molecule has 0 saturated heterocycles. The van der Waals surface area contributed by atoms with E-state index in [1.54, 1.807) is 45.9 Å². The van der Waals surface area contributed by atoms with Crippen molar-refractivity contribution in [1.29, 1.82) is 0 Å². The molecule has 4 aromatic rings. The predicted octanol–water partition coefficient (Wildman–Crippen LogP) is 4.85. The van der Waals surface area contributed by atoms with Crippen molar-refractivity contribution in [2.24, 2.45) is 0 Å². The molecule has 0 atom stereocenters. The average Bonchev–Trinajstić information content (AvgIpc) is 3.48. The highest BCUT2D eigenvalue weighted by atomic mass is 35.5. The number of nitrogens with one attached hydrogen (secondary N) is 2. The molecule has 0 bridgehead atoms. The highest BCUT2D eigenvalue weighted by Crippen LogP contribution is 2.24. The van der Waals surface area contributed by atoms with Crippen LogP contribution in [0.4, 0.5) is 10.1 Å². The van der Waals surface area contributed by atoms with Crippen LogP contribution in [0.25, 0.3) is 11.5 Å². The zero-order chi connectivity index (χ0) is 23.4. The van der Waals surface area contributed by atoms with Gasteiger partial charge in [0.25, 0.3) is 11.8 Å². The number of aromatic nitrogens is 3. The van der Waals surface area contributed by atoms with Gasteiger partial charge in [-0.1, -0.05) is 18.5 Å². The Bertz CT molecular complexity index is 1280. The quantitative estimate of drug-likeness (QED) is 0.409. The summed E-state index contributed by atoms with van der Waals surface area (Å²) in [5, 5.41) is 10.2.